The summed E-state index contributed by atoms with van der Waals surface area (Å²) in [5, 5.41) is 14.9. The number of aliphatic carboxylic acids is 1. The average Bonchev–Trinajstić information content (AvgIpc) is 2.39. The van der Waals surface area contributed by atoms with E-state index in [1.807, 2.05) is 0 Å². The first-order chi connectivity index (χ1) is 9.34. The Kier molecular flexibility index (Phi) is 5.83. The number of anilines is 1. The molecule has 1 rings (SSSR count). The minimum absolute atomic E-state index is 0.300. The minimum Gasteiger partial charge on any atom is -0.480 e. The van der Waals surface area contributed by atoms with Crippen LogP contribution in [-0.4, -0.2) is 22.6 Å². The molecule has 0 saturated heterocycles. The molecular formula is C13H16BrClN2O3. The molecule has 0 saturated carbocycles. The second-order valence-corrected chi connectivity index (χ2v) is 5.59. The number of halogens is 2. The number of carboxylic acid groups (broad SMARTS) is 1. The Hall–Kier alpha value is -1.27. The lowest BCUT2D eigenvalue weighted by molar-refractivity contribution is -0.144. The topological polar surface area (TPSA) is 78.4 Å². The van der Waals surface area contributed by atoms with Crippen LogP contribution in [0.1, 0.15) is 26.7 Å². The summed E-state index contributed by atoms with van der Waals surface area (Å²) in [7, 11) is 0. The van der Waals surface area contributed by atoms with Gasteiger partial charge < -0.3 is 15.7 Å². The summed E-state index contributed by atoms with van der Waals surface area (Å²) < 4.78 is 0.620. The summed E-state index contributed by atoms with van der Waals surface area (Å²) in [4.78, 5) is 23.3. The van der Waals surface area contributed by atoms with E-state index in [0.717, 1.165) is 0 Å². The normalized spacial score (nSPS) is 11.0. The highest BCUT2D eigenvalue weighted by Crippen LogP contribution is 2.26. The van der Waals surface area contributed by atoms with Crippen molar-refractivity contribution in [2.75, 3.05) is 5.32 Å². The van der Waals surface area contributed by atoms with Gasteiger partial charge >= 0.3 is 12.0 Å². The van der Waals surface area contributed by atoms with Gasteiger partial charge in [-0.05, 0) is 47.0 Å². The lowest BCUT2D eigenvalue weighted by Gasteiger charge is -2.28. The first-order valence-corrected chi connectivity index (χ1v) is 7.29. The van der Waals surface area contributed by atoms with Crippen LogP contribution in [0.5, 0.6) is 0 Å². The van der Waals surface area contributed by atoms with Gasteiger partial charge in [-0.25, -0.2) is 9.59 Å². The number of carbonyl (C=O) groups excluding carboxylic acids is 1. The van der Waals surface area contributed by atoms with Crippen molar-refractivity contribution in [1.82, 2.24) is 5.32 Å². The lowest BCUT2D eigenvalue weighted by atomic mass is 9.93. The molecule has 20 heavy (non-hydrogen) atoms. The molecule has 0 heterocycles. The van der Waals surface area contributed by atoms with Crippen LogP contribution < -0.4 is 10.6 Å². The van der Waals surface area contributed by atoms with Crippen molar-refractivity contribution < 1.29 is 14.7 Å². The van der Waals surface area contributed by atoms with Gasteiger partial charge in [-0.15, -0.1) is 0 Å². The number of carboxylic acids is 1. The van der Waals surface area contributed by atoms with Gasteiger partial charge in [0, 0.05) is 9.50 Å². The molecule has 0 aromatic heterocycles. The van der Waals surface area contributed by atoms with E-state index in [4.69, 9.17) is 11.6 Å². The van der Waals surface area contributed by atoms with Crippen LogP contribution in [0.15, 0.2) is 22.7 Å². The zero-order valence-corrected chi connectivity index (χ0v) is 13.5. The largest absolute Gasteiger partial charge is 0.480 e. The third-order valence-corrected chi connectivity index (χ3v) is 4.04. The SMILES string of the molecule is CCC(CC)(NC(=O)Nc1ccc(Cl)cc1Br)C(=O)O. The van der Waals surface area contributed by atoms with E-state index >= 15 is 0 Å². The number of benzene rings is 1. The van der Waals surface area contributed by atoms with Crippen LogP contribution in [-0.2, 0) is 4.79 Å². The van der Waals surface area contributed by atoms with Crippen molar-refractivity contribution in [3.63, 3.8) is 0 Å². The zero-order valence-electron chi connectivity index (χ0n) is 11.2. The van der Waals surface area contributed by atoms with Gasteiger partial charge in [0.15, 0.2) is 0 Å². The Morgan fingerprint density at radius 2 is 1.95 bits per heavy atom. The highest BCUT2D eigenvalue weighted by molar-refractivity contribution is 9.10. The van der Waals surface area contributed by atoms with E-state index in [1.54, 1.807) is 32.0 Å². The number of urea groups is 1. The molecule has 0 spiro atoms. The van der Waals surface area contributed by atoms with Crippen LogP contribution in [0, 0.1) is 0 Å². The third kappa shape index (κ3) is 3.86. The summed E-state index contributed by atoms with van der Waals surface area (Å²) in [6, 6.07) is 4.33. The van der Waals surface area contributed by atoms with Gasteiger partial charge in [0.05, 0.1) is 5.69 Å². The van der Waals surface area contributed by atoms with Gasteiger partial charge in [0.1, 0.15) is 5.54 Å². The number of carbonyl (C=O) groups is 2. The molecule has 0 bridgehead atoms. The molecule has 0 radical (unpaired) electrons. The smallest absolute Gasteiger partial charge is 0.329 e. The third-order valence-electron chi connectivity index (χ3n) is 3.15. The van der Waals surface area contributed by atoms with E-state index in [0.29, 0.717) is 28.0 Å². The summed E-state index contributed by atoms with van der Waals surface area (Å²) in [6.45, 7) is 3.44. The fraction of sp³-hybridized carbons (Fsp3) is 0.385. The Morgan fingerprint density at radius 1 is 1.35 bits per heavy atom. The molecule has 0 fully saturated rings. The highest BCUT2D eigenvalue weighted by atomic mass is 79.9. The standard InChI is InChI=1S/C13H16BrClN2O3/c1-3-13(4-2,11(18)19)17-12(20)16-10-6-5-8(15)7-9(10)14/h5-7H,3-4H2,1-2H3,(H,18,19)(H2,16,17,20). The van der Waals surface area contributed by atoms with Crippen molar-refractivity contribution in [2.45, 2.75) is 32.2 Å². The predicted octanol–water partition coefficient (Wildman–Crippen LogP) is 3.87. The molecule has 0 aliphatic carbocycles. The van der Waals surface area contributed by atoms with Gasteiger partial charge in [-0.1, -0.05) is 25.4 Å². The van der Waals surface area contributed by atoms with Crippen molar-refractivity contribution >= 4 is 45.2 Å². The zero-order chi connectivity index (χ0) is 15.3. The number of rotatable bonds is 5. The van der Waals surface area contributed by atoms with Crippen LogP contribution in [0.25, 0.3) is 0 Å². The maximum atomic E-state index is 11.9. The molecule has 1 aromatic rings. The molecule has 110 valence electrons. The average molecular weight is 364 g/mol. The Balaban J connectivity index is 2.83. The van der Waals surface area contributed by atoms with Crippen molar-refractivity contribution in [3.05, 3.63) is 27.7 Å². The predicted molar refractivity (Wildman–Crippen MR) is 82.3 cm³/mol. The molecule has 3 N–H and O–H groups in total. The fourth-order valence-corrected chi connectivity index (χ4v) is 2.53. The lowest BCUT2D eigenvalue weighted by Crippen LogP contribution is -2.55. The molecule has 7 heteroatoms. The number of hydrogen-bond acceptors (Lipinski definition) is 2. The van der Waals surface area contributed by atoms with E-state index in [9.17, 15) is 14.7 Å². The second-order valence-electron chi connectivity index (χ2n) is 4.30. The summed E-state index contributed by atoms with van der Waals surface area (Å²) in [6.07, 6.45) is 0.599. The van der Waals surface area contributed by atoms with Gasteiger partial charge in [0.25, 0.3) is 0 Å². The quantitative estimate of drug-likeness (QED) is 0.743. The maximum Gasteiger partial charge on any atom is 0.329 e. The fourth-order valence-electron chi connectivity index (χ4n) is 1.74. The first kappa shape index (κ1) is 16.8. The molecular weight excluding hydrogens is 348 g/mol. The summed E-state index contributed by atoms with van der Waals surface area (Å²) in [5.74, 6) is -1.05. The molecule has 2 amide bonds. The maximum absolute atomic E-state index is 11.9. The van der Waals surface area contributed by atoms with Crippen molar-refractivity contribution in [1.29, 1.82) is 0 Å². The van der Waals surface area contributed by atoms with E-state index in [-0.39, 0.29) is 0 Å². The van der Waals surface area contributed by atoms with Crippen LogP contribution in [0.3, 0.4) is 0 Å². The first-order valence-electron chi connectivity index (χ1n) is 6.12. The van der Waals surface area contributed by atoms with Gasteiger partial charge in [-0.2, -0.15) is 0 Å². The highest BCUT2D eigenvalue weighted by Gasteiger charge is 2.36. The molecule has 0 aliphatic heterocycles. The molecule has 0 atom stereocenters. The molecule has 1 aromatic carbocycles. The van der Waals surface area contributed by atoms with E-state index in [2.05, 4.69) is 26.6 Å². The van der Waals surface area contributed by atoms with Crippen molar-refractivity contribution in [2.24, 2.45) is 0 Å². The molecule has 0 aliphatic rings. The van der Waals surface area contributed by atoms with E-state index in [1.165, 1.54) is 0 Å². The minimum atomic E-state index is -1.26. The number of hydrogen-bond donors (Lipinski definition) is 3. The number of amides is 2. The number of nitrogens with one attached hydrogen (secondary N) is 2. The molecule has 0 unspecified atom stereocenters. The second kappa shape index (κ2) is 6.95. The van der Waals surface area contributed by atoms with Crippen LogP contribution in [0.4, 0.5) is 10.5 Å². The van der Waals surface area contributed by atoms with Crippen LogP contribution >= 0.6 is 27.5 Å². The van der Waals surface area contributed by atoms with Crippen LogP contribution in [0.2, 0.25) is 5.02 Å². The Labute approximate surface area is 130 Å². The monoisotopic (exact) mass is 362 g/mol. The van der Waals surface area contributed by atoms with Crippen molar-refractivity contribution in [3.8, 4) is 0 Å². The summed E-state index contributed by atoms with van der Waals surface area (Å²) >= 11 is 9.09. The molecule has 5 nitrogen and oxygen atoms in total. The summed E-state index contributed by atoms with van der Waals surface area (Å²) in [5.41, 5.74) is -0.749. The Morgan fingerprint density at radius 3 is 2.40 bits per heavy atom. The van der Waals surface area contributed by atoms with Gasteiger partial charge in [-0.3, -0.25) is 0 Å². The van der Waals surface area contributed by atoms with E-state index < -0.39 is 17.5 Å². The Bertz CT molecular complexity index is 518. The van der Waals surface area contributed by atoms with Gasteiger partial charge in [0.2, 0.25) is 0 Å².